The molecular weight excluding hydrogens is 446 g/mol. The molecule has 0 aliphatic carbocycles. The third kappa shape index (κ3) is 5.10. The van der Waals surface area contributed by atoms with Crippen LogP contribution >= 0.6 is 11.8 Å². The van der Waals surface area contributed by atoms with E-state index in [1.807, 2.05) is 30.3 Å². The van der Waals surface area contributed by atoms with Gasteiger partial charge >= 0.3 is 6.09 Å². The Morgan fingerprint density at radius 2 is 1.76 bits per heavy atom. The van der Waals surface area contributed by atoms with Crippen LogP contribution in [0.25, 0.3) is 11.0 Å². The second-order valence-electron chi connectivity index (χ2n) is 6.74. The van der Waals surface area contributed by atoms with E-state index in [0.29, 0.717) is 11.2 Å². The first kappa shape index (κ1) is 21.8. The van der Waals surface area contributed by atoms with Crippen LogP contribution in [0.4, 0.5) is 22.1 Å². The van der Waals surface area contributed by atoms with Gasteiger partial charge in [0.1, 0.15) is 5.56 Å². The van der Waals surface area contributed by atoms with Crippen LogP contribution < -0.4 is 10.6 Å². The third-order valence-electron chi connectivity index (χ3n) is 4.55. The van der Waals surface area contributed by atoms with E-state index in [4.69, 9.17) is 0 Å². The molecule has 4 rings (SSSR count). The molecule has 0 radical (unpaired) electrons. The number of aromatic nitrogens is 2. The van der Waals surface area contributed by atoms with Crippen LogP contribution in [-0.4, -0.2) is 34.0 Å². The molecule has 166 valence electrons. The van der Waals surface area contributed by atoms with Crippen molar-refractivity contribution >= 4 is 52.1 Å². The minimum absolute atomic E-state index is 0.00475. The maximum absolute atomic E-state index is 12.5. The number of anilines is 2. The van der Waals surface area contributed by atoms with Gasteiger partial charge in [0.2, 0.25) is 5.95 Å². The molecule has 2 amide bonds. The average molecular weight is 463 g/mol. The summed E-state index contributed by atoms with van der Waals surface area (Å²) >= 11 is 1.50. The van der Waals surface area contributed by atoms with Crippen molar-refractivity contribution < 1.29 is 19.2 Å². The number of ether oxygens (including phenoxy) is 1. The van der Waals surface area contributed by atoms with Gasteiger partial charge in [0.05, 0.1) is 23.1 Å². The topological polar surface area (TPSA) is 139 Å². The number of benzene rings is 3. The lowest BCUT2D eigenvalue weighted by atomic mass is 10.1. The molecule has 4 aromatic rings. The number of hydrogen-bond acceptors (Lipinski definition) is 7. The number of hydrogen-bond donors (Lipinski definition) is 3. The summed E-state index contributed by atoms with van der Waals surface area (Å²) in [6.45, 7) is 0. The Bertz CT molecular complexity index is 1350. The van der Waals surface area contributed by atoms with E-state index in [1.165, 1.54) is 37.1 Å². The number of para-hydroxylation sites is 1. The molecule has 10 nitrogen and oxygen atoms in total. The van der Waals surface area contributed by atoms with Gasteiger partial charge in [-0.1, -0.05) is 23.9 Å². The summed E-state index contributed by atoms with van der Waals surface area (Å²) < 4.78 is 4.56. The first-order valence-electron chi connectivity index (χ1n) is 9.60. The molecule has 1 aromatic heterocycles. The number of nitrogens with zero attached hydrogens (tertiary/aromatic N) is 2. The van der Waals surface area contributed by atoms with Gasteiger partial charge in [-0.2, -0.15) is 0 Å². The summed E-state index contributed by atoms with van der Waals surface area (Å²) in [6.07, 6.45) is -0.613. The van der Waals surface area contributed by atoms with Crippen molar-refractivity contribution in [2.75, 3.05) is 17.7 Å². The second-order valence-corrected chi connectivity index (χ2v) is 7.88. The smallest absolute Gasteiger partial charge is 0.413 e. The molecule has 0 saturated carbocycles. The number of fused-ring (bicyclic) bond motifs is 1. The number of rotatable bonds is 6. The van der Waals surface area contributed by atoms with E-state index in [1.54, 1.807) is 18.2 Å². The molecule has 11 heteroatoms. The Morgan fingerprint density at radius 3 is 2.48 bits per heavy atom. The molecule has 0 fully saturated rings. The fourth-order valence-electron chi connectivity index (χ4n) is 3.02. The average Bonchev–Trinajstić information content (AvgIpc) is 3.21. The summed E-state index contributed by atoms with van der Waals surface area (Å²) in [7, 11) is 1.27. The highest BCUT2D eigenvalue weighted by atomic mass is 32.2. The van der Waals surface area contributed by atoms with Crippen molar-refractivity contribution in [3.8, 4) is 0 Å². The first-order valence-corrected chi connectivity index (χ1v) is 10.4. The van der Waals surface area contributed by atoms with Gasteiger partial charge in [-0.05, 0) is 48.5 Å². The molecule has 0 aliphatic rings. The molecule has 0 aliphatic heterocycles. The predicted octanol–water partition coefficient (Wildman–Crippen LogP) is 5.05. The second kappa shape index (κ2) is 9.40. The maximum Gasteiger partial charge on any atom is 0.413 e. The zero-order chi connectivity index (χ0) is 23.4. The number of nitro benzene ring substituents is 1. The van der Waals surface area contributed by atoms with E-state index in [0.717, 1.165) is 15.3 Å². The van der Waals surface area contributed by atoms with E-state index in [-0.39, 0.29) is 17.2 Å². The minimum atomic E-state index is -0.613. The van der Waals surface area contributed by atoms with E-state index >= 15 is 0 Å². The minimum Gasteiger partial charge on any atom is -0.453 e. The van der Waals surface area contributed by atoms with Gasteiger partial charge < -0.3 is 15.0 Å². The molecule has 3 N–H and O–H groups in total. The zero-order valence-electron chi connectivity index (χ0n) is 17.2. The van der Waals surface area contributed by atoms with E-state index in [9.17, 15) is 19.7 Å². The standard InChI is InChI=1S/C22H17N5O5S/c1-32-22(29)26-21-24-17-11-10-15(12-18(17)25-21)33-14-8-6-13(7-9-14)23-20(28)16-4-2-3-5-19(16)27(30)31/h2-12H,1H3,(H,23,28)(H2,24,25,26,29). The number of carbonyl (C=O) groups excluding carboxylic acids is 2. The molecule has 3 aromatic carbocycles. The van der Waals surface area contributed by atoms with Crippen LogP contribution in [0, 0.1) is 10.1 Å². The highest BCUT2D eigenvalue weighted by Crippen LogP contribution is 2.31. The third-order valence-corrected chi connectivity index (χ3v) is 5.55. The van der Waals surface area contributed by atoms with Crippen molar-refractivity contribution in [3.05, 3.63) is 82.4 Å². The lowest BCUT2D eigenvalue weighted by molar-refractivity contribution is -0.385. The predicted molar refractivity (Wildman–Crippen MR) is 124 cm³/mol. The van der Waals surface area contributed by atoms with Gasteiger partial charge in [0.25, 0.3) is 11.6 Å². The molecule has 0 bridgehead atoms. The van der Waals surface area contributed by atoms with Gasteiger partial charge in [0.15, 0.2) is 0 Å². The van der Waals surface area contributed by atoms with Crippen molar-refractivity contribution in [2.45, 2.75) is 9.79 Å². The SMILES string of the molecule is COC(=O)Nc1nc2ccc(Sc3ccc(NC(=O)c4ccccc4[N+](=O)[O-])cc3)cc2[nH]1. The molecule has 0 atom stereocenters. The van der Waals surface area contributed by atoms with Crippen molar-refractivity contribution in [3.63, 3.8) is 0 Å². The summed E-state index contributed by atoms with van der Waals surface area (Å²) in [6, 6.07) is 18.5. The molecular formula is C22H17N5O5S. The fraction of sp³-hybridized carbons (Fsp3) is 0.0455. The molecule has 33 heavy (non-hydrogen) atoms. The highest BCUT2D eigenvalue weighted by Gasteiger charge is 2.19. The number of imidazole rings is 1. The molecule has 0 spiro atoms. The Balaban J connectivity index is 1.44. The van der Waals surface area contributed by atoms with Gasteiger partial charge in [0, 0.05) is 21.5 Å². The van der Waals surface area contributed by atoms with Crippen LogP contribution in [0.15, 0.2) is 76.5 Å². The van der Waals surface area contributed by atoms with Crippen molar-refractivity contribution in [2.24, 2.45) is 0 Å². The number of nitro groups is 1. The molecule has 0 unspecified atom stereocenters. The van der Waals surface area contributed by atoms with Crippen molar-refractivity contribution in [1.82, 2.24) is 9.97 Å². The van der Waals surface area contributed by atoms with Crippen LogP contribution in [-0.2, 0) is 4.74 Å². The van der Waals surface area contributed by atoms with E-state index < -0.39 is 16.9 Å². The van der Waals surface area contributed by atoms with Gasteiger partial charge in [-0.15, -0.1) is 0 Å². The number of carbonyl (C=O) groups is 2. The summed E-state index contributed by atoms with van der Waals surface area (Å²) in [4.78, 5) is 43.5. The van der Waals surface area contributed by atoms with Crippen LogP contribution in [0.2, 0.25) is 0 Å². The quantitative estimate of drug-likeness (QED) is 0.268. The molecule has 0 saturated heterocycles. The zero-order valence-corrected chi connectivity index (χ0v) is 18.0. The number of amides is 2. The number of nitrogens with one attached hydrogen (secondary N) is 3. The molecule has 1 heterocycles. The number of methoxy groups -OCH3 is 1. The normalized spacial score (nSPS) is 10.6. The lowest BCUT2D eigenvalue weighted by Gasteiger charge is -2.07. The highest BCUT2D eigenvalue weighted by molar-refractivity contribution is 7.99. The Hall–Kier alpha value is -4.38. The van der Waals surface area contributed by atoms with E-state index in [2.05, 4.69) is 25.3 Å². The Morgan fingerprint density at radius 1 is 1.03 bits per heavy atom. The fourth-order valence-corrected chi connectivity index (χ4v) is 3.88. The summed E-state index contributed by atoms with van der Waals surface area (Å²) in [5, 5.41) is 16.3. The van der Waals surface area contributed by atoms with Gasteiger partial charge in [-0.3, -0.25) is 20.2 Å². The summed E-state index contributed by atoms with van der Waals surface area (Å²) in [5.41, 5.74) is 1.71. The number of aromatic amines is 1. The van der Waals surface area contributed by atoms with Crippen LogP contribution in [0.5, 0.6) is 0 Å². The van der Waals surface area contributed by atoms with Crippen molar-refractivity contribution in [1.29, 1.82) is 0 Å². The van der Waals surface area contributed by atoms with Gasteiger partial charge in [-0.25, -0.2) is 9.78 Å². The number of H-pyrrole nitrogens is 1. The first-order chi connectivity index (χ1) is 15.9. The largest absolute Gasteiger partial charge is 0.453 e. The maximum atomic E-state index is 12.5. The monoisotopic (exact) mass is 463 g/mol. The van der Waals surface area contributed by atoms with Crippen LogP contribution in [0.1, 0.15) is 10.4 Å². The lowest BCUT2D eigenvalue weighted by Crippen LogP contribution is -2.13. The summed E-state index contributed by atoms with van der Waals surface area (Å²) in [5.74, 6) is -0.262. The Kier molecular flexibility index (Phi) is 6.22. The Labute approximate surface area is 191 Å². The van der Waals surface area contributed by atoms with Crippen LogP contribution in [0.3, 0.4) is 0 Å².